The van der Waals surface area contributed by atoms with Gasteiger partial charge in [0, 0.05) is 10.5 Å². The molecule has 0 radical (unpaired) electrons. The van der Waals surface area contributed by atoms with Gasteiger partial charge in [0.15, 0.2) is 11.5 Å². The summed E-state index contributed by atoms with van der Waals surface area (Å²) in [6.45, 7) is 2.00. The summed E-state index contributed by atoms with van der Waals surface area (Å²) in [5, 5.41) is 3.02. The monoisotopic (exact) mass is 391 g/mol. The Balaban J connectivity index is 1.97. The molecule has 0 saturated heterocycles. The lowest BCUT2D eigenvalue weighted by molar-refractivity contribution is 0.0934. The molecule has 128 valence electrons. The Hall–Kier alpha value is -2.01. The molecule has 1 atom stereocenters. The molecule has 2 aromatic carbocycles. The van der Waals surface area contributed by atoms with E-state index in [4.69, 9.17) is 9.47 Å². The molecule has 0 heterocycles. The molecule has 2 rings (SSSR count). The number of carbonyl (C=O) groups is 1. The fraction of sp³-hybridized carbons (Fsp3) is 0.316. The molecule has 0 fully saturated rings. The summed E-state index contributed by atoms with van der Waals surface area (Å²) in [4.78, 5) is 12.5. The van der Waals surface area contributed by atoms with Crippen molar-refractivity contribution in [1.29, 1.82) is 0 Å². The molecule has 2 aromatic rings. The van der Waals surface area contributed by atoms with Crippen LogP contribution in [0.25, 0.3) is 0 Å². The van der Waals surface area contributed by atoms with Crippen LogP contribution < -0.4 is 14.8 Å². The van der Waals surface area contributed by atoms with E-state index in [0.29, 0.717) is 17.1 Å². The Labute approximate surface area is 151 Å². The maximum atomic E-state index is 12.5. The van der Waals surface area contributed by atoms with Crippen molar-refractivity contribution in [3.63, 3.8) is 0 Å². The predicted molar refractivity (Wildman–Crippen MR) is 98.9 cm³/mol. The second-order valence-electron chi connectivity index (χ2n) is 5.58. The highest BCUT2D eigenvalue weighted by Gasteiger charge is 2.17. The number of methoxy groups -OCH3 is 2. The SMILES string of the molecule is COc1cccc(C(=O)NC(C)CCc2ccc(Br)cc2)c1OC. The minimum atomic E-state index is -0.158. The minimum Gasteiger partial charge on any atom is -0.493 e. The quantitative estimate of drug-likeness (QED) is 0.768. The number of aryl methyl sites for hydroxylation is 1. The smallest absolute Gasteiger partial charge is 0.255 e. The van der Waals surface area contributed by atoms with Crippen molar-refractivity contribution in [1.82, 2.24) is 5.32 Å². The number of halogens is 1. The van der Waals surface area contributed by atoms with E-state index in [2.05, 4.69) is 33.4 Å². The van der Waals surface area contributed by atoms with E-state index in [1.807, 2.05) is 19.1 Å². The second kappa shape index (κ2) is 8.73. The number of ether oxygens (including phenoxy) is 2. The van der Waals surface area contributed by atoms with Gasteiger partial charge in [-0.2, -0.15) is 0 Å². The van der Waals surface area contributed by atoms with Crippen LogP contribution in [0.5, 0.6) is 11.5 Å². The molecule has 0 saturated carbocycles. The first-order chi connectivity index (χ1) is 11.5. The highest BCUT2D eigenvalue weighted by molar-refractivity contribution is 9.10. The number of hydrogen-bond donors (Lipinski definition) is 1. The summed E-state index contributed by atoms with van der Waals surface area (Å²) < 4.78 is 11.6. The molecule has 0 bridgehead atoms. The van der Waals surface area contributed by atoms with Gasteiger partial charge in [-0.25, -0.2) is 0 Å². The Kier molecular flexibility index (Phi) is 6.67. The van der Waals surface area contributed by atoms with Gasteiger partial charge >= 0.3 is 0 Å². The predicted octanol–water partition coefficient (Wildman–Crippen LogP) is 4.22. The maximum absolute atomic E-state index is 12.5. The summed E-state index contributed by atoms with van der Waals surface area (Å²) in [5.74, 6) is 0.847. The highest BCUT2D eigenvalue weighted by atomic mass is 79.9. The molecular weight excluding hydrogens is 370 g/mol. The Morgan fingerprint density at radius 3 is 2.46 bits per heavy atom. The molecule has 1 amide bonds. The Morgan fingerprint density at radius 1 is 1.12 bits per heavy atom. The van der Waals surface area contributed by atoms with Crippen LogP contribution in [0.15, 0.2) is 46.9 Å². The van der Waals surface area contributed by atoms with Crippen molar-refractivity contribution in [3.8, 4) is 11.5 Å². The lowest BCUT2D eigenvalue weighted by Crippen LogP contribution is -2.33. The van der Waals surface area contributed by atoms with Crippen molar-refractivity contribution < 1.29 is 14.3 Å². The van der Waals surface area contributed by atoms with Gasteiger partial charge in [-0.15, -0.1) is 0 Å². The van der Waals surface area contributed by atoms with E-state index in [1.165, 1.54) is 12.7 Å². The van der Waals surface area contributed by atoms with Gasteiger partial charge < -0.3 is 14.8 Å². The zero-order valence-corrected chi connectivity index (χ0v) is 15.7. The molecule has 5 heteroatoms. The van der Waals surface area contributed by atoms with E-state index in [1.54, 1.807) is 25.3 Å². The first kappa shape index (κ1) is 18.3. The van der Waals surface area contributed by atoms with Crippen LogP contribution in [0.4, 0.5) is 0 Å². The minimum absolute atomic E-state index is 0.0528. The van der Waals surface area contributed by atoms with Gasteiger partial charge in [0.2, 0.25) is 0 Å². The number of hydrogen-bond acceptors (Lipinski definition) is 3. The third-order valence-corrected chi connectivity index (χ3v) is 4.33. The number of benzene rings is 2. The molecule has 0 aromatic heterocycles. The third-order valence-electron chi connectivity index (χ3n) is 3.80. The number of amides is 1. The van der Waals surface area contributed by atoms with Crippen molar-refractivity contribution in [2.75, 3.05) is 14.2 Å². The van der Waals surface area contributed by atoms with Crippen LogP contribution in [0.3, 0.4) is 0 Å². The van der Waals surface area contributed by atoms with Crippen LogP contribution in [0.2, 0.25) is 0 Å². The standard InChI is InChI=1S/C19H22BrNO3/c1-13(7-8-14-9-11-15(20)12-10-14)21-19(22)16-5-4-6-17(23-2)18(16)24-3/h4-6,9-13H,7-8H2,1-3H3,(H,21,22). The number of rotatable bonds is 7. The van der Waals surface area contributed by atoms with Crippen LogP contribution in [-0.2, 0) is 6.42 Å². The van der Waals surface area contributed by atoms with Crippen LogP contribution in [0, 0.1) is 0 Å². The molecule has 24 heavy (non-hydrogen) atoms. The summed E-state index contributed by atoms with van der Waals surface area (Å²) in [6, 6.07) is 13.6. The Bertz CT molecular complexity index is 686. The molecule has 4 nitrogen and oxygen atoms in total. The summed E-state index contributed by atoms with van der Waals surface area (Å²) in [5.41, 5.74) is 1.73. The van der Waals surface area contributed by atoms with Crippen molar-refractivity contribution in [3.05, 3.63) is 58.1 Å². The van der Waals surface area contributed by atoms with E-state index in [9.17, 15) is 4.79 Å². The van der Waals surface area contributed by atoms with Gasteiger partial charge in [0.25, 0.3) is 5.91 Å². The fourth-order valence-electron chi connectivity index (χ4n) is 2.47. The highest BCUT2D eigenvalue weighted by Crippen LogP contribution is 2.30. The van der Waals surface area contributed by atoms with Gasteiger partial charge in [-0.3, -0.25) is 4.79 Å². The van der Waals surface area contributed by atoms with E-state index >= 15 is 0 Å². The number of nitrogens with one attached hydrogen (secondary N) is 1. The zero-order chi connectivity index (χ0) is 17.5. The van der Waals surface area contributed by atoms with E-state index in [-0.39, 0.29) is 11.9 Å². The molecule has 0 spiro atoms. The van der Waals surface area contributed by atoms with Gasteiger partial charge in [-0.05, 0) is 49.6 Å². The molecule has 0 aliphatic heterocycles. The fourth-order valence-corrected chi connectivity index (χ4v) is 2.74. The molecular formula is C19H22BrNO3. The summed E-state index contributed by atoms with van der Waals surface area (Å²) >= 11 is 3.43. The average molecular weight is 392 g/mol. The second-order valence-corrected chi connectivity index (χ2v) is 6.50. The first-order valence-corrected chi connectivity index (χ1v) is 8.60. The van der Waals surface area contributed by atoms with Crippen LogP contribution in [-0.4, -0.2) is 26.2 Å². The van der Waals surface area contributed by atoms with E-state index in [0.717, 1.165) is 17.3 Å². The topological polar surface area (TPSA) is 47.6 Å². The third kappa shape index (κ3) is 4.74. The van der Waals surface area contributed by atoms with Crippen molar-refractivity contribution in [2.24, 2.45) is 0 Å². The Morgan fingerprint density at radius 2 is 1.83 bits per heavy atom. The average Bonchev–Trinajstić information content (AvgIpc) is 2.60. The molecule has 0 aliphatic carbocycles. The van der Waals surface area contributed by atoms with Crippen molar-refractivity contribution in [2.45, 2.75) is 25.8 Å². The largest absolute Gasteiger partial charge is 0.493 e. The molecule has 0 aliphatic rings. The molecule has 1 N–H and O–H groups in total. The summed E-state index contributed by atoms with van der Waals surface area (Å²) in [7, 11) is 3.09. The first-order valence-electron chi connectivity index (χ1n) is 7.81. The normalized spacial score (nSPS) is 11.7. The number of carbonyl (C=O) groups excluding carboxylic acids is 1. The van der Waals surface area contributed by atoms with Gasteiger partial charge in [0.05, 0.1) is 19.8 Å². The van der Waals surface area contributed by atoms with E-state index < -0.39 is 0 Å². The van der Waals surface area contributed by atoms with Gasteiger partial charge in [0.1, 0.15) is 0 Å². The van der Waals surface area contributed by atoms with Crippen molar-refractivity contribution >= 4 is 21.8 Å². The van der Waals surface area contributed by atoms with Crippen LogP contribution >= 0.6 is 15.9 Å². The lowest BCUT2D eigenvalue weighted by atomic mass is 10.1. The maximum Gasteiger partial charge on any atom is 0.255 e. The zero-order valence-electron chi connectivity index (χ0n) is 14.1. The molecule has 1 unspecified atom stereocenters. The van der Waals surface area contributed by atoms with Gasteiger partial charge in [-0.1, -0.05) is 34.1 Å². The summed E-state index contributed by atoms with van der Waals surface area (Å²) in [6.07, 6.45) is 1.77. The number of para-hydroxylation sites is 1. The van der Waals surface area contributed by atoms with Crippen LogP contribution in [0.1, 0.15) is 29.3 Å². The lowest BCUT2D eigenvalue weighted by Gasteiger charge is -2.16.